The van der Waals surface area contributed by atoms with Crippen LogP contribution in [0.3, 0.4) is 0 Å². The van der Waals surface area contributed by atoms with Crippen molar-refractivity contribution in [2.75, 3.05) is 26.2 Å². The van der Waals surface area contributed by atoms with Crippen molar-refractivity contribution >= 4 is 0 Å². The number of aryl methyl sites for hydroxylation is 1. The second kappa shape index (κ2) is 11.0. The highest BCUT2D eigenvalue weighted by atomic mass is 19.4. The third-order valence-corrected chi connectivity index (χ3v) is 8.11. The first kappa shape index (κ1) is 25.9. The summed E-state index contributed by atoms with van der Waals surface area (Å²) in [4.78, 5) is 7.14. The fraction of sp³-hybridized carbons (Fsp3) is 0.517. The van der Waals surface area contributed by atoms with Crippen LogP contribution in [0.1, 0.15) is 78.4 Å². The highest BCUT2D eigenvalue weighted by Gasteiger charge is 2.41. The minimum absolute atomic E-state index is 0.153. The number of nitrogens with zero attached hydrogens (tertiary/aromatic N) is 3. The van der Waals surface area contributed by atoms with Crippen LogP contribution >= 0.6 is 0 Å². The number of nitrogens with one attached hydrogen (secondary N) is 1. The molecule has 1 saturated heterocycles. The Morgan fingerprint density at radius 3 is 2.49 bits per heavy atom. The van der Waals surface area contributed by atoms with Crippen molar-refractivity contribution in [2.24, 2.45) is 0 Å². The molecule has 0 spiro atoms. The molecular weight excluding hydrogens is 477 g/mol. The summed E-state index contributed by atoms with van der Waals surface area (Å²) in [5.74, 6) is 1.58. The Hall–Kier alpha value is -2.71. The van der Waals surface area contributed by atoms with E-state index in [0.717, 1.165) is 69.3 Å². The van der Waals surface area contributed by atoms with Crippen molar-refractivity contribution in [3.63, 3.8) is 0 Å². The van der Waals surface area contributed by atoms with Crippen molar-refractivity contribution in [2.45, 2.75) is 69.5 Å². The molecule has 2 heterocycles. The van der Waals surface area contributed by atoms with Gasteiger partial charge in [-0.15, -0.1) is 0 Å². The third kappa shape index (κ3) is 5.91. The Morgan fingerprint density at radius 1 is 1.05 bits per heavy atom. The van der Waals surface area contributed by atoms with E-state index in [1.807, 2.05) is 6.07 Å². The van der Waals surface area contributed by atoms with Gasteiger partial charge in [-0.3, -0.25) is 0 Å². The van der Waals surface area contributed by atoms with E-state index in [-0.39, 0.29) is 11.3 Å². The van der Waals surface area contributed by atoms with Crippen LogP contribution in [0, 0.1) is 6.92 Å². The summed E-state index contributed by atoms with van der Waals surface area (Å²) in [5, 5.41) is 7.81. The lowest BCUT2D eigenvalue weighted by Gasteiger charge is -2.32. The van der Waals surface area contributed by atoms with Crippen LogP contribution in [0.15, 0.2) is 53.1 Å². The van der Waals surface area contributed by atoms with E-state index in [2.05, 4.69) is 46.6 Å². The van der Waals surface area contributed by atoms with Gasteiger partial charge in [-0.1, -0.05) is 66.0 Å². The van der Waals surface area contributed by atoms with Gasteiger partial charge in [0, 0.05) is 13.1 Å². The van der Waals surface area contributed by atoms with Gasteiger partial charge in [0.2, 0.25) is 5.89 Å². The van der Waals surface area contributed by atoms with Crippen molar-refractivity contribution in [1.82, 2.24) is 20.4 Å². The third-order valence-electron chi connectivity index (χ3n) is 8.11. The van der Waals surface area contributed by atoms with E-state index in [4.69, 9.17) is 9.51 Å². The Bertz CT molecular complexity index is 1160. The van der Waals surface area contributed by atoms with Crippen LogP contribution in [-0.2, 0) is 18.1 Å². The minimum Gasteiger partial charge on any atom is -0.338 e. The maximum atomic E-state index is 13.1. The molecule has 0 radical (unpaired) electrons. The second-order valence-corrected chi connectivity index (χ2v) is 10.6. The lowest BCUT2D eigenvalue weighted by Crippen LogP contribution is -2.37. The number of halogens is 3. The summed E-state index contributed by atoms with van der Waals surface area (Å²) < 4.78 is 44.8. The average molecular weight is 513 g/mol. The monoisotopic (exact) mass is 512 g/mol. The molecule has 1 aliphatic carbocycles. The molecule has 0 unspecified atom stereocenters. The van der Waals surface area contributed by atoms with Crippen LogP contribution in [-0.4, -0.2) is 41.2 Å². The SMILES string of the molecule is Cc1ccc(C2(c3noc(CNCCN4CCC(c5cccc(C(F)(F)F)c5)CC4)n3)CCCC2)cc1. The summed E-state index contributed by atoms with van der Waals surface area (Å²) in [6.45, 7) is 6.05. The molecule has 2 aliphatic rings. The number of hydrogen-bond acceptors (Lipinski definition) is 5. The molecule has 2 aromatic carbocycles. The molecule has 5 rings (SSSR count). The number of piperidine rings is 1. The first-order chi connectivity index (χ1) is 17.8. The Morgan fingerprint density at radius 2 is 1.78 bits per heavy atom. The zero-order chi connectivity index (χ0) is 25.9. The summed E-state index contributed by atoms with van der Waals surface area (Å²) in [5.41, 5.74) is 2.60. The molecule has 3 aromatic rings. The lowest BCUT2D eigenvalue weighted by atomic mass is 9.78. The van der Waals surface area contributed by atoms with Crippen molar-refractivity contribution < 1.29 is 17.7 Å². The van der Waals surface area contributed by atoms with E-state index >= 15 is 0 Å². The van der Waals surface area contributed by atoms with Crippen molar-refractivity contribution in [3.05, 3.63) is 82.5 Å². The van der Waals surface area contributed by atoms with Gasteiger partial charge >= 0.3 is 6.18 Å². The standard InChI is InChI=1S/C29H35F3N4O/c1-21-7-9-24(10-8-21)28(13-2-3-14-28)27-34-26(37-35-27)20-33-15-18-36-16-11-22(12-17-36)23-5-4-6-25(19-23)29(30,31)32/h4-10,19,22,33H,2-3,11-18,20H2,1H3. The maximum absolute atomic E-state index is 13.1. The molecule has 1 saturated carbocycles. The molecule has 198 valence electrons. The van der Waals surface area contributed by atoms with Gasteiger partial charge in [0.15, 0.2) is 5.82 Å². The minimum atomic E-state index is -4.29. The van der Waals surface area contributed by atoms with Gasteiger partial charge in [0.05, 0.1) is 17.5 Å². The van der Waals surface area contributed by atoms with Crippen molar-refractivity contribution in [1.29, 1.82) is 0 Å². The second-order valence-electron chi connectivity index (χ2n) is 10.6. The summed E-state index contributed by atoms with van der Waals surface area (Å²) in [6.07, 6.45) is 1.86. The fourth-order valence-corrected chi connectivity index (χ4v) is 5.90. The Balaban J connectivity index is 1.09. The van der Waals surface area contributed by atoms with Crippen LogP contribution in [0.25, 0.3) is 0 Å². The molecule has 0 atom stereocenters. The number of hydrogen-bond donors (Lipinski definition) is 1. The highest BCUT2D eigenvalue weighted by molar-refractivity contribution is 5.35. The van der Waals surface area contributed by atoms with Crippen LogP contribution in [0.5, 0.6) is 0 Å². The number of alkyl halides is 3. The van der Waals surface area contributed by atoms with Gasteiger partial charge in [-0.25, -0.2) is 0 Å². The first-order valence-electron chi connectivity index (χ1n) is 13.3. The highest BCUT2D eigenvalue weighted by Crippen LogP contribution is 2.45. The van der Waals surface area contributed by atoms with E-state index < -0.39 is 11.7 Å². The zero-order valence-electron chi connectivity index (χ0n) is 21.4. The molecule has 1 aliphatic heterocycles. The molecular formula is C29H35F3N4O. The Kier molecular flexibility index (Phi) is 7.67. The van der Waals surface area contributed by atoms with E-state index in [1.165, 1.54) is 36.1 Å². The molecule has 5 nitrogen and oxygen atoms in total. The van der Waals surface area contributed by atoms with Crippen LogP contribution < -0.4 is 5.32 Å². The molecule has 2 fully saturated rings. The maximum Gasteiger partial charge on any atom is 0.416 e. The summed E-state index contributed by atoms with van der Waals surface area (Å²) in [6, 6.07) is 14.5. The normalized spacial score (nSPS) is 18.9. The molecule has 1 aromatic heterocycles. The van der Waals surface area contributed by atoms with Gasteiger partial charge < -0.3 is 14.7 Å². The predicted octanol–water partition coefficient (Wildman–Crippen LogP) is 6.23. The molecule has 0 amide bonds. The molecule has 1 N–H and O–H groups in total. The summed E-state index contributed by atoms with van der Waals surface area (Å²) in [7, 11) is 0. The average Bonchev–Trinajstić information content (AvgIpc) is 3.58. The largest absolute Gasteiger partial charge is 0.416 e. The van der Waals surface area contributed by atoms with Gasteiger partial charge in [-0.05, 0) is 68.8 Å². The Labute approximate surface area is 216 Å². The van der Waals surface area contributed by atoms with Gasteiger partial charge in [0.1, 0.15) is 0 Å². The topological polar surface area (TPSA) is 54.2 Å². The quantitative estimate of drug-likeness (QED) is 0.363. The lowest BCUT2D eigenvalue weighted by molar-refractivity contribution is -0.137. The van der Waals surface area contributed by atoms with Gasteiger partial charge in [-0.2, -0.15) is 18.2 Å². The molecule has 37 heavy (non-hydrogen) atoms. The van der Waals surface area contributed by atoms with E-state index in [9.17, 15) is 13.2 Å². The molecule has 0 bridgehead atoms. The fourth-order valence-electron chi connectivity index (χ4n) is 5.90. The van der Waals surface area contributed by atoms with E-state index in [1.54, 1.807) is 0 Å². The smallest absolute Gasteiger partial charge is 0.338 e. The van der Waals surface area contributed by atoms with Crippen LogP contribution in [0.2, 0.25) is 0 Å². The first-order valence-corrected chi connectivity index (χ1v) is 13.3. The zero-order valence-corrected chi connectivity index (χ0v) is 21.4. The number of likely N-dealkylation sites (tertiary alicyclic amines) is 1. The number of aromatic nitrogens is 2. The predicted molar refractivity (Wildman–Crippen MR) is 136 cm³/mol. The number of benzene rings is 2. The summed E-state index contributed by atoms with van der Waals surface area (Å²) >= 11 is 0. The number of rotatable bonds is 8. The van der Waals surface area contributed by atoms with Gasteiger partial charge in [0.25, 0.3) is 0 Å². The van der Waals surface area contributed by atoms with Crippen molar-refractivity contribution in [3.8, 4) is 0 Å². The van der Waals surface area contributed by atoms with Crippen LogP contribution in [0.4, 0.5) is 13.2 Å². The molecule has 8 heteroatoms. The van der Waals surface area contributed by atoms with E-state index in [0.29, 0.717) is 12.4 Å².